The van der Waals surface area contributed by atoms with Crippen LogP contribution in [0.3, 0.4) is 0 Å². The Balaban J connectivity index is 1.58. The smallest absolute Gasteiger partial charge is 0.166 e. The molecule has 0 saturated carbocycles. The molecule has 0 saturated heterocycles. The van der Waals surface area contributed by atoms with Gasteiger partial charge in [-0.1, -0.05) is 42.7 Å². The minimum atomic E-state index is -0.976. The van der Waals surface area contributed by atoms with Crippen LogP contribution >= 0.6 is 0 Å². The summed E-state index contributed by atoms with van der Waals surface area (Å²) in [5.41, 5.74) is -0.0248. The first-order valence-electron chi connectivity index (χ1n) is 10.7. The van der Waals surface area contributed by atoms with Crippen LogP contribution in [0.4, 0.5) is 22.0 Å². The van der Waals surface area contributed by atoms with Crippen LogP contribution in [0, 0.1) is 52.8 Å². The highest BCUT2D eigenvalue weighted by atomic mass is 19.2. The van der Waals surface area contributed by atoms with Crippen molar-refractivity contribution in [3.8, 4) is 29.4 Å². The van der Waals surface area contributed by atoms with Crippen molar-refractivity contribution in [2.24, 2.45) is 0 Å². The minimum Gasteiger partial charge on any atom is -0.494 e. The van der Waals surface area contributed by atoms with Crippen LogP contribution in [0.2, 0.25) is 0 Å². The lowest BCUT2D eigenvalue weighted by atomic mass is 10.1. The van der Waals surface area contributed by atoms with Gasteiger partial charge in [-0.3, -0.25) is 0 Å². The molecule has 0 radical (unpaired) electrons. The van der Waals surface area contributed by atoms with E-state index in [1.807, 2.05) is 6.92 Å². The zero-order valence-corrected chi connectivity index (χ0v) is 18.5. The molecule has 6 heteroatoms. The summed E-state index contributed by atoms with van der Waals surface area (Å²) < 4.78 is 75.8. The van der Waals surface area contributed by atoms with E-state index in [4.69, 9.17) is 4.74 Å². The highest BCUT2D eigenvalue weighted by Gasteiger charge is 2.10. The zero-order chi connectivity index (χ0) is 24.9. The molecule has 0 aliphatic carbocycles. The molecule has 0 fully saturated rings. The average molecular weight is 476 g/mol. The summed E-state index contributed by atoms with van der Waals surface area (Å²) in [4.78, 5) is 0. The van der Waals surface area contributed by atoms with Gasteiger partial charge in [-0.25, -0.2) is 22.0 Å². The van der Waals surface area contributed by atoms with Gasteiger partial charge in [-0.05, 0) is 54.3 Å². The number of rotatable bonds is 3. The highest BCUT2D eigenvalue weighted by molar-refractivity contribution is 5.84. The number of ether oxygens (including phenoxy) is 1. The second-order valence-corrected chi connectivity index (χ2v) is 7.60. The third kappa shape index (κ3) is 5.45. The van der Waals surface area contributed by atoms with Gasteiger partial charge in [0.05, 0.1) is 17.7 Å². The van der Waals surface area contributed by atoms with Crippen molar-refractivity contribution >= 4 is 10.8 Å². The van der Waals surface area contributed by atoms with Crippen LogP contribution in [0.25, 0.3) is 10.8 Å². The fraction of sp³-hybridized carbons (Fsp3) is 0.103. The summed E-state index contributed by atoms with van der Waals surface area (Å²) >= 11 is 0. The Kier molecular flexibility index (Phi) is 7.03. The lowest BCUT2D eigenvalue weighted by Crippen LogP contribution is -1.96. The van der Waals surface area contributed by atoms with Gasteiger partial charge in [-0.2, -0.15) is 0 Å². The molecule has 0 aliphatic rings. The molecule has 0 spiro atoms. The SMILES string of the molecule is CCCOc1ccc(C#Cc2cc(F)c(C#Cc3ccc4c(F)c(F)ccc4c3)c(F)c2)c(F)c1. The predicted molar refractivity (Wildman–Crippen MR) is 124 cm³/mol. The summed E-state index contributed by atoms with van der Waals surface area (Å²) in [5.74, 6) is 6.14. The highest BCUT2D eigenvalue weighted by Crippen LogP contribution is 2.22. The van der Waals surface area contributed by atoms with Gasteiger partial charge in [-0.15, -0.1) is 0 Å². The van der Waals surface area contributed by atoms with Crippen LogP contribution in [-0.2, 0) is 0 Å². The van der Waals surface area contributed by atoms with Gasteiger partial charge >= 0.3 is 0 Å². The van der Waals surface area contributed by atoms with E-state index in [9.17, 15) is 22.0 Å². The third-order valence-electron chi connectivity index (χ3n) is 5.04. The average Bonchev–Trinajstić information content (AvgIpc) is 2.84. The lowest BCUT2D eigenvalue weighted by Gasteiger charge is -2.04. The summed E-state index contributed by atoms with van der Waals surface area (Å²) in [7, 11) is 0. The maximum absolute atomic E-state index is 14.5. The van der Waals surface area contributed by atoms with E-state index in [0.717, 1.165) is 24.6 Å². The molecular formula is C29H17F5O. The molecule has 174 valence electrons. The normalized spacial score (nSPS) is 10.3. The Hall–Kier alpha value is -4.29. The number of halogens is 5. The zero-order valence-electron chi connectivity index (χ0n) is 18.5. The topological polar surface area (TPSA) is 9.23 Å². The molecule has 0 amide bonds. The van der Waals surface area contributed by atoms with Crippen molar-refractivity contribution in [3.05, 3.63) is 112 Å². The number of benzene rings is 4. The van der Waals surface area contributed by atoms with E-state index < -0.39 is 34.6 Å². The van der Waals surface area contributed by atoms with Gasteiger partial charge in [0.2, 0.25) is 0 Å². The molecule has 0 bridgehead atoms. The third-order valence-corrected chi connectivity index (χ3v) is 5.04. The van der Waals surface area contributed by atoms with Crippen molar-refractivity contribution < 1.29 is 26.7 Å². The number of hydrogen-bond acceptors (Lipinski definition) is 1. The van der Waals surface area contributed by atoms with Crippen molar-refractivity contribution in [2.75, 3.05) is 6.61 Å². The molecule has 0 aliphatic heterocycles. The van der Waals surface area contributed by atoms with Gasteiger partial charge in [0.15, 0.2) is 11.6 Å². The minimum absolute atomic E-state index is 0.0134. The maximum Gasteiger partial charge on any atom is 0.166 e. The molecule has 0 atom stereocenters. The molecule has 0 aromatic heterocycles. The van der Waals surface area contributed by atoms with E-state index in [1.165, 1.54) is 36.4 Å². The van der Waals surface area contributed by atoms with Crippen LogP contribution in [0.1, 0.15) is 35.6 Å². The molecule has 4 aromatic carbocycles. The molecule has 0 unspecified atom stereocenters. The Bertz CT molecular complexity index is 1530. The maximum atomic E-state index is 14.5. The summed E-state index contributed by atoms with van der Waals surface area (Å²) in [6, 6.07) is 12.9. The second-order valence-electron chi connectivity index (χ2n) is 7.60. The van der Waals surface area contributed by atoms with E-state index >= 15 is 0 Å². The predicted octanol–water partition coefficient (Wildman–Crippen LogP) is 7.12. The van der Waals surface area contributed by atoms with E-state index in [0.29, 0.717) is 23.3 Å². The first kappa shape index (κ1) is 23.9. The second kappa shape index (κ2) is 10.3. The molecule has 35 heavy (non-hydrogen) atoms. The Morgan fingerprint density at radius 2 is 1.40 bits per heavy atom. The Morgan fingerprint density at radius 1 is 0.657 bits per heavy atom. The van der Waals surface area contributed by atoms with Crippen LogP contribution in [0.15, 0.2) is 60.7 Å². The van der Waals surface area contributed by atoms with E-state index in [1.54, 1.807) is 6.07 Å². The van der Waals surface area contributed by atoms with Crippen molar-refractivity contribution in [1.82, 2.24) is 0 Å². The summed E-state index contributed by atoms with van der Waals surface area (Å²) in [6.07, 6.45) is 0.782. The largest absolute Gasteiger partial charge is 0.494 e. The monoisotopic (exact) mass is 476 g/mol. The Labute approximate surface area is 199 Å². The molecule has 1 nitrogen and oxygen atoms in total. The summed E-state index contributed by atoms with van der Waals surface area (Å²) in [6.45, 7) is 2.39. The molecule has 0 heterocycles. The van der Waals surface area contributed by atoms with Crippen molar-refractivity contribution in [2.45, 2.75) is 13.3 Å². The van der Waals surface area contributed by atoms with Gasteiger partial charge in [0.1, 0.15) is 23.2 Å². The standard InChI is InChI=1S/C29H17F5O/c1-2-13-35-22-9-7-20(26(31)17-22)6-3-19-15-27(32)24(28(33)16-19)11-5-18-4-10-23-21(14-18)8-12-25(30)29(23)34/h4,7-10,12,14-17H,2,13H2,1H3. The molecular weight excluding hydrogens is 459 g/mol. The van der Waals surface area contributed by atoms with Gasteiger partial charge < -0.3 is 4.74 Å². The van der Waals surface area contributed by atoms with E-state index in [-0.39, 0.29) is 16.5 Å². The van der Waals surface area contributed by atoms with Crippen LogP contribution in [0.5, 0.6) is 5.75 Å². The Morgan fingerprint density at radius 3 is 2.11 bits per heavy atom. The molecule has 4 rings (SSSR count). The fourth-order valence-electron chi connectivity index (χ4n) is 3.29. The van der Waals surface area contributed by atoms with Crippen LogP contribution in [-0.4, -0.2) is 6.61 Å². The first-order chi connectivity index (χ1) is 16.9. The lowest BCUT2D eigenvalue weighted by molar-refractivity contribution is 0.315. The van der Waals surface area contributed by atoms with Crippen molar-refractivity contribution in [3.63, 3.8) is 0 Å². The molecule has 0 N–H and O–H groups in total. The fourth-order valence-corrected chi connectivity index (χ4v) is 3.29. The number of fused-ring (bicyclic) bond motifs is 1. The summed E-state index contributed by atoms with van der Waals surface area (Å²) in [5, 5.41) is 0.481. The van der Waals surface area contributed by atoms with Gasteiger partial charge in [0, 0.05) is 22.6 Å². The van der Waals surface area contributed by atoms with E-state index in [2.05, 4.69) is 23.7 Å². The van der Waals surface area contributed by atoms with Crippen molar-refractivity contribution in [1.29, 1.82) is 0 Å². The quantitative estimate of drug-likeness (QED) is 0.226. The van der Waals surface area contributed by atoms with Crippen LogP contribution < -0.4 is 4.74 Å². The van der Waals surface area contributed by atoms with Gasteiger partial charge in [0.25, 0.3) is 0 Å². The number of hydrogen-bond donors (Lipinski definition) is 0. The first-order valence-corrected chi connectivity index (χ1v) is 10.7. The molecule has 4 aromatic rings.